The van der Waals surface area contributed by atoms with Crippen molar-refractivity contribution in [1.82, 2.24) is 4.31 Å². The summed E-state index contributed by atoms with van der Waals surface area (Å²) in [6.45, 7) is 2.52. The van der Waals surface area contributed by atoms with E-state index >= 15 is 0 Å². The molecule has 6 heteroatoms. The van der Waals surface area contributed by atoms with Gasteiger partial charge in [-0.05, 0) is 55.2 Å². The third-order valence-electron chi connectivity index (χ3n) is 6.30. The predicted octanol–water partition coefficient (Wildman–Crippen LogP) is 2.74. The van der Waals surface area contributed by atoms with Crippen LogP contribution in [-0.4, -0.2) is 42.1 Å². The van der Waals surface area contributed by atoms with Crippen LogP contribution in [0.15, 0.2) is 59.5 Å². The van der Waals surface area contributed by atoms with Crippen LogP contribution < -0.4 is 0 Å². The first-order valence-electron chi connectivity index (χ1n) is 9.84. The summed E-state index contributed by atoms with van der Waals surface area (Å²) in [7, 11) is -3.57. The summed E-state index contributed by atoms with van der Waals surface area (Å²) in [6, 6.07) is 16.5. The van der Waals surface area contributed by atoms with Crippen molar-refractivity contribution in [3.63, 3.8) is 0 Å². The Balaban J connectivity index is 1.52. The smallest absolute Gasteiger partial charge is 0.243 e. The highest BCUT2D eigenvalue weighted by Crippen LogP contribution is 2.44. The maximum atomic E-state index is 13.1. The quantitative estimate of drug-likeness (QED) is 0.826. The summed E-state index contributed by atoms with van der Waals surface area (Å²) in [5, 5.41) is 21.4. The highest BCUT2D eigenvalue weighted by atomic mass is 32.2. The summed E-state index contributed by atoms with van der Waals surface area (Å²) >= 11 is 0. The number of benzene rings is 2. The number of sulfonamides is 1. The Bertz CT molecular complexity index is 897. The Morgan fingerprint density at radius 1 is 0.964 bits per heavy atom. The number of hydrogen-bond donors (Lipinski definition) is 2. The second-order valence-electron chi connectivity index (χ2n) is 8.23. The Kier molecular flexibility index (Phi) is 5.31. The minimum atomic E-state index is -3.57. The SMILES string of the molecule is Cc1ccc(S(=O)(=O)N2CC3CC(C(O)c4ccccc4)CC(C2)C3O)cc1. The fourth-order valence-corrected chi connectivity index (χ4v) is 6.29. The average molecular weight is 402 g/mol. The minimum Gasteiger partial charge on any atom is -0.392 e. The van der Waals surface area contributed by atoms with Crippen LogP contribution in [-0.2, 0) is 10.0 Å². The van der Waals surface area contributed by atoms with E-state index in [0.717, 1.165) is 11.1 Å². The number of aliphatic hydroxyl groups is 2. The molecule has 2 fully saturated rings. The molecule has 2 bridgehead atoms. The first-order chi connectivity index (χ1) is 13.4. The largest absolute Gasteiger partial charge is 0.392 e. The molecule has 3 atom stereocenters. The van der Waals surface area contributed by atoms with Crippen LogP contribution in [0.4, 0.5) is 0 Å². The van der Waals surface area contributed by atoms with E-state index in [1.54, 1.807) is 24.3 Å². The fraction of sp³-hybridized carbons (Fsp3) is 0.455. The van der Waals surface area contributed by atoms with Gasteiger partial charge in [0, 0.05) is 13.1 Å². The van der Waals surface area contributed by atoms with Crippen LogP contribution in [0.2, 0.25) is 0 Å². The lowest BCUT2D eigenvalue weighted by Gasteiger charge is -2.48. The Labute approximate surface area is 166 Å². The molecule has 1 aliphatic heterocycles. The number of rotatable bonds is 4. The maximum absolute atomic E-state index is 13.1. The zero-order valence-electron chi connectivity index (χ0n) is 16.0. The molecule has 2 N–H and O–H groups in total. The molecule has 2 aromatic rings. The number of fused-ring (bicyclic) bond motifs is 2. The van der Waals surface area contributed by atoms with E-state index in [-0.39, 0.29) is 17.8 Å². The molecular weight excluding hydrogens is 374 g/mol. The van der Waals surface area contributed by atoms with Gasteiger partial charge in [0.2, 0.25) is 10.0 Å². The van der Waals surface area contributed by atoms with E-state index in [1.165, 1.54) is 4.31 Å². The van der Waals surface area contributed by atoms with Crippen molar-refractivity contribution in [1.29, 1.82) is 0 Å². The number of aliphatic hydroxyl groups excluding tert-OH is 2. The minimum absolute atomic E-state index is 0.0324. The highest BCUT2D eigenvalue weighted by molar-refractivity contribution is 7.89. The van der Waals surface area contributed by atoms with Gasteiger partial charge in [-0.25, -0.2) is 8.42 Å². The van der Waals surface area contributed by atoms with Gasteiger partial charge in [0.25, 0.3) is 0 Å². The van der Waals surface area contributed by atoms with Crippen LogP contribution in [0.25, 0.3) is 0 Å². The molecule has 1 saturated heterocycles. The number of piperidine rings is 1. The Morgan fingerprint density at radius 2 is 1.54 bits per heavy atom. The summed E-state index contributed by atoms with van der Waals surface area (Å²) in [5.41, 5.74) is 1.90. The third kappa shape index (κ3) is 3.62. The standard InChI is InChI=1S/C22H27NO4S/c1-15-7-9-20(10-8-15)28(26,27)23-13-18-11-17(12-19(14-23)22(18)25)21(24)16-5-3-2-4-6-16/h2-10,17-19,21-22,24-25H,11-14H2,1H3. The molecule has 2 aliphatic rings. The van der Waals surface area contributed by atoms with Crippen LogP contribution >= 0.6 is 0 Å². The van der Waals surface area contributed by atoms with Gasteiger partial charge in [0.1, 0.15) is 0 Å². The molecule has 0 amide bonds. The van der Waals surface area contributed by atoms with E-state index in [9.17, 15) is 18.6 Å². The molecule has 2 aromatic carbocycles. The topological polar surface area (TPSA) is 77.8 Å². The van der Waals surface area contributed by atoms with E-state index < -0.39 is 22.2 Å². The molecule has 1 aliphatic carbocycles. The Hall–Kier alpha value is -1.73. The summed E-state index contributed by atoms with van der Waals surface area (Å²) in [5.74, 6) is -0.280. The molecule has 150 valence electrons. The van der Waals surface area contributed by atoms with E-state index in [2.05, 4.69) is 0 Å². The normalized spacial score (nSPS) is 29.4. The lowest BCUT2D eigenvalue weighted by atomic mass is 9.68. The Morgan fingerprint density at radius 3 is 2.11 bits per heavy atom. The van der Waals surface area contributed by atoms with Crippen molar-refractivity contribution < 1.29 is 18.6 Å². The summed E-state index contributed by atoms with van der Waals surface area (Å²) in [4.78, 5) is 0.299. The maximum Gasteiger partial charge on any atom is 0.243 e. The molecule has 0 radical (unpaired) electrons. The van der Waals surface area contributed by atoms with Crippen LogP contribution in [0.1, 0.15) is 30.1 Å². The van der Waals surface area contributed by atoms with E-state index in [4.69, 9.17) is 0 Å². The summed E-state index contributed by atoms with van der Waals surface area (Å²) < 4.78 is 27.7. The highest BCUT2D eigenvalue weighted by Gasteiger charge is 2.46. The van der Waals surface area contributed by atoms with Gasteiger partial charge in [0.15, 0.2) is 0 Å². The van der Waals surface area contributed by atoms with Crippen molar-refractivity contribution in [2.24, 2.45) is 17.8 Å². The zero-order chi connectivity index (χ0) is 19.9. The molecule has 4 rings (SSSR count). The fourth-order valence-electron chi connectivity index (χ4n) is 4.74. The second kappa shape index (κ2) is 7.59. The van der Waals surface area contributed by atoms with Gasteiger partial charge in [-0.3, -0.25) is 0 Å². The van der Waals surface area contributed by atoms with Gasteiger partial charge in [-0.15, -0.1) is 0 Å². The van der Waals surface area contributed by atoms with Crippen LogP contribution in [0.3, 0.4) is 0 Å². The molecule has 3 unspecified atom stereocenters. The van der Waals surface area contributed by atoms with Crippen molar-refractivity contribution in [3.05, 3.63) is 65.7 Å². The molecule has 1 saturated carbocycles. The molecule has 0 aromatic heterocycles. The monoisotopic (exact) mass is 401 g/mol. The van der Waals surface area contributed by atoms with Gasteiger partial charge in [-0.2, -0.15) is 4.31 Å². The lowest BCUT2D eigenvalue weighted by molar-refractivity contribution is -0.0701. The van der Waals surface area contributed by atoms with Crippen LogP contribution in [0.5, 0.6) is 0 Å². The zero-order valence-corrected chi connectivity index (χ0v) is 16.8. The van der Waals surface area contributed by atoms with E-state index in [0.29, 0.717) is 30.8 Å². The van der Waals surface area contributed by atoms with Gasteiger partial charge in [-0.1, -0.05) is 48.0 Å². The number of nitrogens with zero attached hydrogens (tertiary/aromatic N) is 1. The molecule has 0 spiro atoms. The third-order valence-corrected chi connectivity index (χ3v) is 8.15. The number of aryl methyl sites for hydroxylation is 1. The summed E-state index contributed by atoms with van der Waals surface area (Å²) in [6.07, 6.45) is 0.143. The van der Waals surface area contributed by atoms with Crippen molar-refractivity contribution in [2.45, 2.75) is 36.9 Å². The lowest BCUT2D eigenvalue weighted by Crippen LogP contribution is -2.55. The molecule has 28 heavy (non-hydrogen) atoms. The first-order valence-corrected chi connectivity index (χ1v) is 11.3. The molecular formula is C22H27NO4S. The second-order valence-corrected chi connectivity index (χ2v) is 10.2. The van der Waals surface area contributed by atoms with Crippen LogP contribution in [0, 0.1) is 24.7 Å². The predicted molar refractivity (Wildman–Crippen MR) is 107 cm³/mol. The van der Waals surface area contributed by atoms with Crippen molar-refractivity contribution in [2.75, 3.05) is 13.1 Å². The average Bonchev–Trinajstić information content (AvgIpc) is 2.68. The van der Waals surface area contributed by atoms with Gasteiger partial charge < -0.3 is 10.2 Å². The van der Waals surface area contributed by atoms with Gasteiger partial charge >= 0.3 is 0 Å². The van der Waals surface area contributed by atoms with Crippen molar-refractivity contribution in [3.8, 4) is 0 Å². The molecule has 1 heterocycles. The van der Waals surface area contributed by atoms with E-state index in [1.807, 2.05) is 37.3 Å². The first kappa shape index (κ1) is 19.6. The van der Waals surface area contributed by atoms with Gasteiger partial charge in [0.05, 0.1) is 17.1 Å². The van der Waals surface area contributed by atoms with Crippen molar-refractivity contribution >= 4 is 10.0 Å². The molecule has 5 nitrogen and oxygen atoms in total. The number of hydrogen-bond acceptors (Lipinski definition) is 4.